The molecule has 10 aromatic rings. The molecule has 8 aromatic carbocycles. The summed E-state index contributed by atoms with van der Waals surface area (Å²) >= 11 is 0. The molecule has 0 fully saturated rings. The van der Waals surface area contributed by atoms with Crippen molar-refractivity contribution >= 4 is 21.9 Å². The zero-order chi connectivity index (χ0) is 36.6. The lowest BCUT2D eigenvalue weighted by Crippen LogP contribution is -2.00. The number of benzene rings is 8. The van der Waals surface area contributed by atoms with Crippen LogP contribution in [-0.2, 0) is 0 Å². The first-order valence-corrected chi connectivity index (χ1v) is 18.4. The molecule has 0 spiro atoms. The molecular formula is C51H33N3O. The van der Waals surface area contributed by atoms with Gasteiger partial charge in [0.1, 0.15) is 11.2 Å². The van der Waals surface area contributed by atoms with Crippen molar-refractivity contribution in [3.05, 3.63) is 200 Å². The second kappa shape index (κ2) is 13.8. The van der Waals surface area contributed by atoms with Crippen LogP contribution in [0.25, 0.3) is 101 Å². The summed E-state index contributed by atoms with van der Waals surface area (Å²) in [6, 6.07) is 69.3. The average Bonchev–Trinajstić information content (AvgIpc) is 3.67. The largest absolute Gasteiger partial charge is 0.456 e. The second-order valence-corrected chi connectivity index (χ2v) is 13.6. The van der Waals surface area contributed by atoms with E-state index in [0.717, 1.165) is 66.4 Å². The Balaban J connectivity index is 1.09. The summed E-state index contributed by atoms with van der Waals surface area (Å²) in [7, 11) is 0. The highest BCUT2D eigenvalue weighted by molar-refractivity contribution is 6.17. The molecule has 0 N–H and O–H groups in total. The van der Waals surface area contributed by atoms with E-state index in [-0.39, 0.29) is 0 Å². The lowest BCUT2D eigenvalue weighted by Gasteiger charge is -2.11. The monoisotopic (exact) mass is 703 g/mol. The summed E-state index contributed by atoms with van der Waals surface area (Å²) in [5, 5.41) is 2.00. The molecule has 0 saturated heterocycles. The molecule has 0 saturated carbocycles. The van der Waals surface area contributed by atoms with E-state index in [4.69, 9.17) is 19.4 Å². The van der Waals surface area contributed by atoms with Crippen molar-refractivity contribution in [1.82, 2.24) is 15.0 Å². The first-order chi connectivity index (χ1) is 27.2. The zero-order valence-electron chi connectivity index (χ0n) is 29.8. The van der Waals surface area contributed by atoms with Crippen LogP contribution in [0.15, 0.2) is 205 Å². The standard InChI is InChI=1S/C51H33N3O/c1-4-13-34(14-5-1)36-25-27-37(28-26-36)38-29-31-39(32-30-38)43-21-11-23-45-47(43)48-44(22-12-24-46(48)55-45)51-53-49(40-17-8-3-9-18-40)52-50(54-51)42-20-10-19-41(33-42)35-15-6-2-7-16-35/h1-33H. The van der Waals surface area contributed by atoms with Crippen molar-refractivity contribution in [3.8, 4) is 78.7 Å². The van der Waals surface area contributed by atoms with Gasteiger partial charge in [-0.05, 0) is 62.7 Å². The SMILES string of the molecule is c1ccc(-c2ccc(-c3ccc(-c4cccc5oc6cccc(-c7nc(-c8ccccc8)nc(-c8cccc(-c9ccccc9)c8)n7)c6c45)cc3)cc2)cc1. The minimum absolute atomic E-state index is 0.589. The van der Waals surface area contributed by atoms with Crippen LogP contribution in [0.3, 0.4) is 0 Å². The van der Waals surface area contributed by atoms with Gasteiger partial charge in [-0.1, -0.05) is 182 Å². The zero-order valence-corrected chi connectivity index (χ0v) is 29.8. The molecule has 0 aliphatic carbocycles. The van der Waals surface area contributed by atoms with E-state index in [0.29, 0.717) is 17.5 Å². The molecule has 4 nitrogen and oxygen atoms in total. The molecule has 0 aliphatic heterocycles. The van der Waals surface area contributed by atoms with Crippen LogP contribution >= 0.6 is 0 Å². The predicted octanol–water partition coefficient (Wildman–Crippen LogP) is 13.4. The third-order valence-electron chi connectivity index (χ3n) is 10.2. The summed E-state index contributed by atoms with van der Waals surface area (Å²) in [6.45, 7) is 0. The first-order valence-electron chi connectivity index (χ1n) is 18.4. The van der Waals surface area contributed by atoms with Gasteiger partial charge in [0.05, 0.1) is 0 Å². The Morgan fingerprint density at radius 3 is 1.22 bits per heavy atom. The lowest BCUT2D eigenvalue weighted by molar-refractivity contribution is 0.669. The molecule has 55 heavy (non-hydrogen) atoms. The summed E-state index contributed by atoms with van der Waals surface area (Å²) in [6.07, 6.45) is 0. The smallest absolute Gasteiger partial charge is 0.164 e. The molecule has 4 heteroatoms. The van der Waals surface area contributed by atoms with Crippen molar-refractivity contribution in [2.75, 3.05) is 0 Å². The molecule has 258 valence electrons. The normalized spacial score (nSPS) is 11.3. The fourth-order valence-corrected chi connectivity index (χ4v) is 7.43. The van der Waals surface area contributed by atoms with Gasteiger partial charge in [0.2, 0.25) is 0 Å². The van der Waals surface area contributed by atoms with Gasteiger partial charge < -0.3 is 4.42 Å². The Morgan fingerprint density at radius 2 is 0.636 bits per heavy atom. The number of furan rings is 1. The molecule has 0 unspecified atom stereocenters. The minimum Gasteiger partial charge on any atom is -0.456 e. The lowest BCUT2D eigenvalue weighted by atomic mass is 9.95. The van der Waals surface area contributed by atoms with Gasteiger partial charge in [-0.3, -0.25) is 0 Å². The van der Waals surface area contributed by atoms with E-state index in [1.54, 1.807) is 0 Å². The van der Waals surface area contributed by atoms with E-state index >= 15 is 0 Å². The summed E-state index contributed by atoms with van der Waals surface area (Å²) in [5.41, 5.74) is 13.5. The molecule has 0 radical (unpaired) electrons. The quantitative estimate of drug-likeness (QED) is 0.166. The van der Waals surface area contributed by atoms with Crippen LogP contribution in [0.2, 0.25) is 0 Å². The number of aromatic nitrogens is 3. The number of fused-ring (bicyclic) bond motifs is 3. The highest BCUT2D eigenvalue weighted by atomic mass is 16.3. The van der Waals surface area contributed by atoms with Crippen molar-refractivity contribution < 1.29 is 4.42 Å². The Kier molecular flexibility index (Phi) is 8.12. The van der Waals surface area contributed by atoms with Gasteiger partial charge in [0.25, 0.3) is 0 Å². The summed E-state index contributed by atoms with van der Waals surface area (Å²) in [4.78, 5) is 15.3. The molecule has 0 aliphatic rings. The minimum atomic E-state index is 0.589. The predicted molar refractivity (Wildman–Crippen MR) is 225 cm³/mol. The van der Waals surface area contributed by atoms with Gasteiger partial charge in [-0.25, -0.2) is 15.0 Å². The molecular weight excluding hydrogens is 671 g/mol. The Hall–Kier alpha value is -7.43. The highest BCUT2D eigenvalue weighted by Gasteiger charge is 2.20. The van der Waals surface area contributed by atoms with Crippen LogP contribution in [0.1, 0.15) is 0 Å². The maximum atomic E-state index is 6.54. The van der Waals surface area contributed by atoms with E-state index in [2.05, 4.69) is 140 Å². The second-order valence-electron chi connectivity index (χ2n) is 13.6. The Bertz CT molecular complexity index is 2940. The first kappa shape index (κ1) is 32.2. The Morgan fingerprint density at radius 1 is 0.255 bits per heavy atom. The van der Waals surface area contributed by atoms with Crippen molar-refractivity contribution in [2.45, 2.75) is 0 Å². The maximum Gasteiger partial charge on any atom is 0.164 e. The van der Waals surface area contributed by atoms with Crippen LogP contribution in [0, 0.1) is 0 Å². The molecule has 0 atom stereocenters. The molecule has 10 rings (SSSR count). The fourth-order valence-electron chi connectivity index (χ4n) is 7.43. The van der Waals surface area contributed by atoms with Gasteiger partial charge >= 0.3 is 0 Å². The van der Waals surface area contributed by atoms with E-state index < -0.39 is 0 Å². The van der Waals surface area contributed by atoms with Crippen molar-refractivity contribution in [1.29, 1.82) is 0 Å². The molecule has 2 aromatic heterocycles. The van der Waals surface area contributed by atoms with Crippen molar-refractivity contribution in [2.24, 2.45) is 0 Å². The Labute approximate surface area is 319 Å². The van der Waals surface area contributed by atoms with Gasteiger partial charge in [0.15, 0.2) is 17.5 Å². The molecule has 0 amide bonds. The maximum absolute atomic E-state index is 6.54. The molecule has 2 heterocycles. The van der Waals surface area contributed by atoms with Crippen LogP contribution < -0.4 is 0 Å². The van der Waals surface area contributed by atoms with E-state index in [1.807, 2.05) is 60.7 Å². The van der Waals surface area contributed by atoms with Crippen LogP contribution in [0.5, 0.6) is 0 Å². The summed E-state index contributed by atoms with van der Waals surface area (Å²) in [5.74, 6) is 1.81. The van der Waals surface area contributed by atoms with E-state index in [9.17, 15) is 0 Å². The number of hydrogen-bond donors (Lipinski definition) is 0. The topological polar surface area (TPSA) is 51.8 Å². The molecule has 0 bridgehead atoms. The van der Waals surface area contributed by atoms with Crippen LogP contribution in [0.4, 0.5) is 0 Å². The number of hydrogen-bond acceptors (Lipinski definition) is 4. The van der Waals surface area contributed by atoms with Gasteiger partial charge in [-0.2, -0.15) is 0 Å². The number of nitrogens with zero attached hydrogens (tertiary/aromatic N) is 3. The fraction of sp³-hybridized carbons (Fsp3) is 0. The number of rotatable bonds is 7. The van der Waals surface area contributed by atoms with E-state index in [1.165, 1.54) is 16.7 Å². The summed E-state index contributed by atoms with van der Waals surface area (Å²) < 4.78 is 6.54. The van der Waals surface area contributed by atoms with Crippen molar-refractivity contribution in [3.63, 3.8) is 0 Å². The highest BCUT2D eigenvalue weighted by Crippen LogP contribution is 2.42. The van der Waals surface area contributed by atoms with Gasteiger partial charge in [0, 0.05) is 27.5 Å². The third kappa shape index (κ3) is 6.16. The van der Waals surface area contributed by atoms with Gasteiger partial charge in [-0.15, -0.1) is 0 Å². The van der Waals surface area contributed by atoms with Crippen LogP contribution in [-0.4, -0.2) is 15.0 Å². The third-order valence-corrected chi connectivity index (χ3v) is 10.2. The average molecular weight is 704 g/mol.